The number of rotatable bonds is 5. The molecule has 0 amide bonds. The number of nitrogens with one attached hydrogen (secondary N) is 2. The summed E-state index contributed by atoms with van der Waals surface area (Å²) in [7, 11) is 0. The van der Waals surface area contributed by atoms with E-state index in [1.807, 2.05) is 6.92 Å². The number of carbonyl (C=O) groups excluding carboxylic acids is 1. The molecule has 0 aromatic carbocycles. The van der Waals surface area contributed by atoms with E-state index in [2.05, 4.69) is 10.6 Å². The van der Waals surface area contributed by atoms with E-state index in [9.17, 15) is 4.79 Å². The fourth-order valence-electron chi connectivity index (χ4n) is 1.62. The number of carbonyl (C=O) groups is 1. The summed E-state index contributed by atoms with van der Waals surface area (Å²) in [6.45, 7) is 5.00. The van der Waals surface area contributed by atoms with Crippen molar-refractivity contribution in [2.75, 3.05) is 19.6 Å². The Morgan fingerprint density at radius 1 is 1.46 bits per heavy atom. The molecule has 3 nitrogen and oxygen atoms in total. The summed E-state index contributed by atoms with van der Waals surface area (Å²) in [5, 5.41) is 6.74. The van der Waals surface area contributed by atoms with Crippen molar-refractivity contribution in [2.45, 2.75) is 38.6 Å². The summed E-state index contributed by atoms with van der Waals surface area (Å²) in [5.74, 6) is 0.362. The van der Waals surface area contributed by atoms with Crippen LogP contribution in [0.4, 0.5) is 0 Å². The molecule has 1 heterocycles. The molecule has 3 heteroatoms. The van der Waals surface area contributed by atoms with Crippen LogP contribution in [0.5, 0.6) is 0 Å². The standard InChI is InChI=1S/C10H20N2O/c1-2-10(13)5-8-12-9-3-6-11-7-4-9/h9,11-12H,2-8H2,1H3. The lowest BCUT2D eigenvalue weighted by atomic mass is 10.1. The van der Waals surface area contributed by atoms with Crippen LogP contribution in [-0.2, 0) is 4.79 Å². The van der Waals surface area contributed by atoms with E-state index in [0.29, 0.717) is 24.7 Å². The zero-order valence-electron chi connectivity index (χ0n) is 8.44. The van der Waals surface area contributed by atoms with Crippen molar-refractivity contribution in [2.24, 2.45) is 0 Å². The third-order valence-electron chi connectivity index (χ3n) is 2.57. The molecule has 76 valence electrons. The summed E-state index contributed by atoms with van der Waals surface area (Å²) >= 11 is 0. The first kappa shape index (κ1) is 10.7. The van der Waals surface area contributed by atoms with Crippen molar-refractivity contribution in [1.29, 1.82) is 0 Å². The zero-order valence-corrected chi connectivity index (χ0v) is 8.44. The fraction of sp³-hybridized carbons (Fsp3) is 0.900. The molecule has 1 saturated heterocycles. The zero-order chi connectivity index (χ0) is 9.52. The van der Waals surface area contributed by atoms with Crippen LogP contribution in [0.25, 0.3) is 0 Å². The minimum Gasteiger partial charge on any atom is -0.317 e. The molecule has 0 unspecified atom stereocenters. The molecule has 13 heavy (non-hydrogen) atoms. The number of ketones is 1. The average Bonchev–Trinajstić information content (AvgIpc) is 2.19. The minimum atomic E-state index is 0.362. The van der Waals surface area contributed by atoms with Crippen molar-refractivity contribution in [3.05, 3.63) is 0 Å². The summed E-state index contributed by atoms with van der Waals surface area (Å²) in [4.78, 5) is 11.0. The van der Waals surface area contributed by atoms with E-state index in [1.165, 1.54) is 12.8 Å². The maximum absolute atomic E-state index is 11.0. The first-order valence-electron chi connectivity index (χ1n) is 5.28. The molecule has 0 aliphatic carbocycles. The van der Waals surface area contributed by atoms with Crippen molar-refractivity contribution in [3.63, 3.8) is 0 Å². The van der Waals surface area contributed by atoms with E-state index < -0.39 is 0 Å². The third kappa shape index (κ3) is 4.39. The predicted octanol–water partition coefficient (Wildman–Crippen LogP) is 0.697. The van der Waals surface area contributed by atoms with Crippen molar-refractivity contribution >= 4 is 5.78 Å². The first-order valence-corrected chi connectivity index (χ1v) is 5.28. The molecule has 0 saturated carbocycles. The molecule has 0 radical (unpaired) electrons. The Labute approximate surface area is 80.3 Å². The molecule has 1 aliphatic heterocycles. The topological polar surface area (TPSA) is 41.1 Å². The third-order valence-corrected chi connectivity index (χ3v) is 2.57. The highest BCUT2D eigenvalue weighted by atomic mass is 16.1. The van der Waals surface area contributed by atoms with E-state index in [0.717, 1.165) is 19.6 Å². The Morgan fingerprint density at radius 2 is 2.15 bits per heavy atom. The molecule has 1 rings (SSSR count). The molecule has 0 atom stereocenters. The van der Waals surface area contributed by atoms with Crippen LogP contribution in [0.2, 0.25) is 0 Å². The van der Waals surface area contributed by atoms with Crippen LogP contribution >= 0.6 is 0 Å². The van der Waals surface area contributed by atoms with E-state index >= 15 is 0 Å². The summed E-state index contributed by atoms with van der Waals surface area (Å²) in [6, 6.07) is 0.630. The fourth-order valence-corrected chi connectivity index (χ4v) is 1.62. The maximum atomic E-state index is 11.0. The second-order valence-electron chi connectivity index (χ2n) is 3.62. The average molecular weight is 184 g/mol. The summed E-state index contributed by atoms with van der Waals surface area (Å²) in [6.07, 6.45) is 3.76. The largest absolute Gasteiger partial charge is 0.317 e. The van der Waals surface area contributed by atoms with Gasteiger partial charge in [-0.3, -0.25) is 4.79 Å². The van der Waals surface area contributed by atoms with Crippen LogP contribution < -0.4 is 10.6 Å². The second kappa shape index (κ2) is 6.11. The Bertz CT molecular complexity index is 153. The SMILES string of the molecule is CCC(=O)CCNC1CCNCC1. The molecule has 1 aliphatic rings. The monoisotopic (exact) mass is 184 g/mol. The van der Waals surface area contributed by atoms with Gasteiger partial charge in [-0.1, -0.05) is 6.92 Å². The van der Waals surface area contributed by atoms with Gasteiger partial charge in [-0.25, -0.2) is 0 Å². The van der Waals surface area contributed by atoms with Crippen LogP contribution in [0.15, 0.2) is 0 Å². The normalized spacial score (nSPS) is 18.8. The van der Waals surface area contributed by atoms with Crippen LogP contribution in [0.3, 0.4) is 0 Å². The molecular weight excluding hydrogens is 164 g/mol. The Hall–Kier alpha value is -0.410. The second-order valence-corrected chi connectivity index (χ2v) is 3.62. The maximum Gasteiger partial charge on any atom is 0.133 e. The van der Waals surface area contributed by atoms with Gasteiger partial charge in [0.25, 0.3) is 0 Å². The van der Waals surface area contributed by atoms with Gasteiger partial charge in [-0.2, -0.15) is 0 Å². The summed E-state index contributed by atoms with van der Waals surface area (Å²) < 4.78 is 0. The summed E-state index contributed by atoms with van der Waals surface area (Å²) in [5.41, 5.74) is 0. The minimum absolute atomic E-state index is 0.362. The van der Waals surface area contributed by atoms with Crippen molar-refractivity contribution < 1.29 is 4.79 Å². The van der Waals surface area contributed by atoms with Crippen molar-refractivity contribution in [3.8, 4) is 0 Å². The lowest BCUT2D eigenvalue weighted by Gasteiger charge is -2.23. The van der Waals surface area contributed by atoms with Gasteiger partial charge in [0.1, 0.15) is 5.78 Å². The van der Waals surface area contributed by atoms with Crippen LogP contribution in [-0.4, -0.2) is 31.5 Å². The van der Waals surface area contributed by atoms with Gasteiger partial charge in [0.05, 0.1) is 0 Å². The first-order chi connectivity index (χ1) is 6.33. The van der Waals surface area contributed by atoms with Gasteiger partial charge in [0.2, 0.25) is 0 Å². The smallest absolute Gasteiger partial charge is 0.133 e. The number of piperidine rings is 1. The highest BCUT2D eigenvalue weighted by molar-refractivity contribution is 5.78. The number of hydrogen-bond acceptors (Lipinski definition) is 3. The number of hydrogen-bond donors (Lipinski definition) is 2. The van der Waals surface area contributed by atoms with Gasteiger partial charge >= 0.3 is 0 Å². The van der Waals surface area contributed by atoms with Crippen LogP contribution in [0.1, 0.15) is 32.6 Å². The van der Waals surface area contributed by atoms with Gasteiger partial charge in [0, 0.05) is 25.4 Å². The molecule has 0 spiro atoms. The molecule has 2 N–H and O–H groups in total. The quantitative estimate of drug-likeness (QED) is 0.661. The van der Waals surface area contributed by atoms with E-state index in [-0.39, 0.29) is 0 Å². The van der Waals surface area contributed by atoms with Crippen LogP contribution in [0, 0.1) is 0 Å². The Balaban J connectivity index is 2.01. The molecule has 1 fully saturated rings. The van der Waals surface area contributed by atoms with Crippen molar-refractivity contribution in [1.82, 2.24) is 10.6 Å². The molecule has 0 aromatic rings. The van der Waals surface area contributed by atoms with Gasteiger partial charge < -0.3 is 10.6 Å². The Kier molecular flexibility index (Phi) is 5.01. The van der Waals surface area contributed by atoms with Gasteiger partial charge in [-0.05, 0) is 25.9 Å². The Morgan fingerprint density at radius 3 is 2.77 bits per heavy atom. The highest BCUT2D eigenvalue weighted by Crippen LogP contribution is 2.01. The highest BCUT2D eigenvalue weighted by Gasteiger charge is 2.11. The van der Waals surface area contributed by atoms with Gasteiger partial charge in [0.15, 0.2) is 0 Å². The lowest BCUT2D eigenvalue weighted by molar-refractivity contribution is -0.118. The number of Topliss-reactive ketones (excluding diaryl/α,β-unsaturated/α-hetero) is 1. The van der Waals surface area contributed by atoms with E-state index in [1.54, 1.807) is 0 Å². The predicted molar refractivity (Wildman–Crippen MR) is 53.8 cm³/mol. The molecule has 0 bridgehead atoms. The lowest BCUT2D eigenvalue weighted by Crippen LogP contribution is -2.40. The van der Waals surface area contributed by atoms with E-state index in [4.69, 9.17) is 0 Å². The molecule has 0 aromatic heterocycles. The van der Waals surface area contributed by atoms with Gasteiger partial charge in [-0.15, -0.1) is 0 Å². The molecular formula is C10H20N2O.